The van der Waals surface area contributed by atoms with Crippen LogP contribution in [0.4, 0.5) is 0 Å². The van der Waals surface area contributed by atoms with Crippen LogP contribution in [0.1, 0.15) is 34.6 Å². The summed E-state index contributed by atoms with van der Waals surface area (Å²) >= 11 is 0. The van der Waals surface area contributed by atoms with E-state index >= 15 is 0 Å². The Bertz CT molecular complexity index is 2050. The van der Waals surface area contributed by atoms with Crippen LogP contribution in [0, 0.1) is 5.41 Å². The maximum atomic E-state index is 13.7. The van der Waals surface area contributed by atoms with Gasteiger partial charge >= 0.3 is 0 Å². The molecule has 0 radical (unpaired) electrons. The monoisotopic (exact) mass is 457 g/mol. The van der Waals surface area contributed by atoms with Crippen molar-refractivity contribution < 1.29 is 9.59 Å². The first-order chi connectivity index (χ1) is 16.8. The van der Waals surface area contributed by atoms with Gasteiger partial charge in [-0.3, -0.25) is 29.3 Å². The fraction of sp³-hybridized carbons (Fsp3) is 0.172. The van der Waals surface area contributed by atoms with Crippen molar-refractivity contribution in [3.8, 4) is 0 Å². The minimum atomic E-state index is -0.369. The van der Waals surface area contributed by atoms with Crippen LogP contribution in [0.2, 0.25) is 0 Å². The second kappa shape index (κ2) is 5.84. The van der Waals surface area contributed by atoms with Crippen molar-refractivity contribution in [2.75, 3.05) is 6.54 Å². The molecule has 1 aromatic heterocycles. The zero-order valence-corrected chi connectivity index (χ0v) is 19.2. The van der Waals surface area contributed by atoms with Gasteiger partial charge in [-0.15, -0.1) is 0 Å². The number of nitrogens with zero attached hydrogens (tertiary/aromatic N) is 2. The van der Waals surface area contributed by atoms with Gasteiger partial charge in [0.25, 0.3) is 17.4 Å². The van der Waals surface area contributed by atoms with Crippen LogP contribution in [-0.4, -0.2) is 22.9 Å². The van der Waals surface area contributed by atoms with Crippen LogP contribution >= 0.6 is 0 Å². The van der Waals surface area contributed by atoms with Crippen LogP contribution in [0.5, 0.6) is 0 Å². The minimum Gasteiger partial charge on any atom is -0.292 e. The average Bonchev–Trinajstić information content (AvgIpc) is 2.84. The molecule has 0 saturated heterocycles. The van der Waals surface area contributed by atoms with Crippen LogP contribution in [0.25, 0.3) is 53.9 Å². The van der Waals surface area contributed by atoms with E-state index in [-0.39, 0.29) is 22.8 Å². The molecule has 0 atom stereocenters. The Morgan fingerprint density at radius 1 is 0.686 bits per heavy atom. The first kappa shape index (κ1) is 19.0. The molecule has 6 aromatic rings. The fourth-order valence-electron chi connectivity index (χ4n) is 6.34. The first-order valence-corrected chi connectivity index (χ1v) is 11.8. The highest BCUT2D eigenvalue weighted by Crippen LogP contribution is 2.44. The summed E-state index contributed by atoms with van der Waals surface area (Å²) in [6, 6.07) is 15.6. The van der Waals surface area contributed by atoms with E-state index in [1.54, 1.807) is 12.1 Å². The molecular formula is C29H19N3O3. The first-order valence-electron chi connectivity index (χ1n) is 11.8. The number of carbonyl (C=O) groups excluding carboxylic acids is 2. The maximum absolute atomic E-state index is 13.7. The number of hydrogen-bond donors (Lipinski definition) is 1. The molecule has 0 saturated carbocycles. The highest BCUT2D eigenvalue weighted by molar-refractivity contribution is 6.40. The Hall–Kier alpha value is -4.32. The molecule has 0 bridgehead atoms. The molecular weight excluding hydrogens is 438 g/mol. The van der Waals surface area contributed by atoms with E-state index in [0.29, 0.717) is 35.0 Å². The lowest BCUT2D eigenvalue weighted by Gasteiger charge is -2.28. The molecule has 2 aliphatic heterocycles. The van der Waals surface area contributed by atoms with Crippen molar-refractivity contribution in [1.82, 2.24) is 9.88 Å². The maximum Gasteiger partial charge on any atom is 0.260 e. The van der Waals surface area contributed by atoms with E-state index in [0.717, 1.165) is 48.6 Å². The fourth-order valence-corrected chi connectivity index (χ4v) is 6.34. The normalized spacial score (nSPS) is 17.0. The molecule has 1 N–H and O–H groups in total. The third-order valence-corrected chi connectivity index (χ3v) is 7.83. The molecule has 0 fully saturated rings. The van der Waals surface area contributed by atoms with Gasteiger partial charge in [0.15, 0.2) is 0 Å². The highest BCUT2D eigenvalue weighted by Gasteiger charge is 2.29. The Kier molecular flexibility index (Phi) is 3.17. The summed E-state index contributed by atoms with van der Waals surface area (Å²) in [6.45, 7) is 5.58. The molecule has 35 heavy (non-hydrogen) atoms. The Morgan fingerprint density at radius 3 is 1.80 bits per heavy atom. The van der Waals surface area contributed by atoms with Crippen molar-refractivity contribution in [2.24, 2.45) is 10.4 Å². The van der Waals surface area contributed by atoms with Gasteiger partial charge in [0.2, 0.25) is 0 Å². The van der Waals surface area contributed by atoms with Gasteiger partial charge in [-0.2, -0.15) is 0 Å². The number of fused-ring (bicyclic) bond motifs is 4. The van der Waals surface area contributed by atoms with Crippen molar-refractivity contribution in [1.29, 1.82) is 0 Å². The van der Waals surface area contributed by atoms with E-state index in [9.17, 15) is 14.4 Å². The zero-order valence-electron chi connectivity index (χ0n) is 19.2. The molecule has 6 heteroatoms. The molecule has 168 valence electrons. The van der Waals surface area contributed by atoms with Gasteiger partial charge in [-0.25, -0.2) is 0 Å². The molecule has 6 nitrogen and oxygen atoms in total. The van der Waals surface area contributed by atoms with Crippen LogP contribution < -0.4 is 16.4 Å². The topological polar surface area (TPSA) is 80.5 Å². The van der Waals surface area contributed by atoms with Crippen LogP contribution in [0.3, 0.4) is 0 Å². The summed E-state index contributed by atoms with van der Waals surface area (Å²) in [5, 5.41) is 11.7. The van der Waals surface area contributed by atoms with Crippen LogP contribution in [0.15, 0.2) is 58.3 Å². The molecule has 0 spiro atoms. The predicted molar refractivity (Wildman–Crippen MR) is 137 cm³/mol. The number of benzene rings is 5. The molecule has 8 rings (SSSR count). The lowest BCUT2D eigenvalue weighted by atomic mass is 9.84. The lowest BCUT2D eigenvalue weighted by molar-refractivity contribution is 0.0845. The largest absolute Gasteiger partial charge is 0.292 e. The second-order valence-corrected chi connectivity index (χ2v) is 10.6. The SMILES string of the molecule is CC1(C)CN=c2c3ccc4c5ccc6c7c(ccc(c8ccc(c(=O)n2C1)c3c84)c75)C(=O)NC6=O. The van der Waals surface area contributed by atoms with Crippen molar-refractivity contribution in [3.05, 3.63) is 75.5 Å². The molecule has 5 aromatic carbocycles. The van der Waals surface area contributed by atoms with Gasteiger partial charge in [0, 0.05) is 51.2 Å². The third-order valence-electron chi connectivity index (χ3n) is 7.83. The zero-order chi connectivity index (χ0) is 23.8. The standard InChI is InChI=1S/C29H19N3O3/c1-29(2)11-30-25-17-7-3-13-14-4-8-18-24-19(27(34)31-26(18)33)9-5-15(22(14)24)16-6-10-20(23(17)21(13)16)28(35)32(25)12-29/h3-10H,11-12H2,1-2H3,(H,31,33,34). The number of hydrogen-bond acceptors (Lipinski definition) is 4. The van der Waals surface area contributed by atoms with E-state index in [1.807, 2.05) is 28.8 Å². The predicted octanol–water partition coefficient (Wildman–Crippen LogP) is 4.31. The number of aromatic nitrogens is 1. The number of nitrogens with one attached hydrogen (secondary N) is 1. The quantitative estimate of drug-likeness (QED) is 0.210. The lowest BCUT2D eigenvalue weighted by Crippen LogP contribution is -2.43. The van der Waals surface area contributed by atoms with Gasteiger partial charge < -0.3 is 0 Å². The Balaban J connectivity index is 1.65. The second-order valence-electron chi connectivity index (χ2n) is 10.6. The highest BCUT2D eigenvalue weighted by atomic mass is 16.2. The summed E-state index contributed by atoms with van der Waals surface area (Å²) in [4.78, 5) is 43.7. The smallest absolute Gasteiger partial charge is 0.260 e. The summed E-state index contributed by atoms with van der Waals surface area (Å²) in [5.41, 5.74) is 1.70. The number of carbonyl (C=O) groups is 2. The van der Waals surface area contributed by atoms with E-state index in [2.05, 4.69) is 31.3 Å². The number of pyridine rings is 1. The van der Waals surface area contributed by atoms with Crippen LogP contribution in [-0.2, 0) is 6.54 Å². The average molecular weight is 457 g/mol. The van der Waals surface area contributed by atoms with E-state index in [1.165, 1.54) is 0 Å². The van der Waals surface area contributed by atoms with E-state index in [4.69, 9.17) is 4.99 Å². The summed E-state index contributed by atoms with van der Waals surface area (Å²) < 4.78 is 1.83. The molecule has 3 heterocycles. The molecule has 0 unspecified atom stereocenters. The third kappa shape index (κ3) is 2.16. The Labute approximate surface area is 198 Å². The number of amides is 2. The van der Waals surface area contributed by atoms with Gasteiger partial charge in [0.1, 0.15) is 5.49 Å². The molecule has 0 aliphatic carbocycles. The molecule has 2 amide bonds. The van der Waals surface area contributed by atoms with Crippen molar-refractivity contribution in [2.45, 2.75) is 20.4 Å². The summed E-state index contributed by atoms with van der Waals surface area (Å²) in [6.07, 6.45) is 0. The van der Waals surface area contributed by atoms with Gasteiger partial charge in [0.05, 0.1) is 0 Å². The number of rotatable bonds is 0. The summed E-state index contributed by atoms with van der Waals surface area (Å²) in [7, 11) is 0. The number of imide groups is 1. The van der Waals surface area contributed by atoms with Crippen molar-refractivity contribution in [3.63, 3.8) is 0 Å². The van der Waals surface area contributed by atoms with Gasteiger partial charge in [-0.1, -0.05) is 38.1 Å². The Morgan fingerprint density at radius 2 is 1.17 bits per heavy atom. The van der Waals surface area contributed by atoms with E-state index < -0.39 is 0 Å². The minimum absolute atomic E-state index is 0.00830. The molecule has 2 aliphatic rings. The van der Waals surface area contributed by atoms with Gasteiger partial charge in [-0.05, 0) is 56.6 Å². The summed E-state index contributed by atoms with van der Waals surface area (Å²) in [5.74, 6) is -0.739. The van der Waals surface area contributed by atoms with Crippen molar-refractivity contribution >= 4 is 65.7 Å².